The van der Waals surface area contributed by atoms with Gasteiger partial charge in [-0.15, -0.1) is 0 Å². The third-order valence-electron chi connectivity index (χ3n) is 5.50. The first-order valence-electron chi connectivity index (χ1n) is 11.4. The van der Waals surface area contributed by atoms with Crippen LogP contribution in [0.5, 0.6) is 0 Å². The summed E-state index contributed by atoms with van der Waals surface area (Å²) in [5, 5.41) is 1.15. The van der Waals surface area contributed by atoms with E-state index in [1.165, 1.54) is 0 Å². The number of nitrogens with zero attached hydrogens (tertiary/aromatic N) is 3. The van der Waals surface area contributed by atoms with Crippen LogP contribution in [0, 0.1) is 0 Å². The van der Waals surface area contributed by atoms with Crippen molar-refractivity contribution in [2.75, 3.05) is 0 Å². The van der Waals surface area contributed by atoms with Crippen LogP contribution in [0.25, 0.3) is 0 Å². The van der Waals surface area contributed by atoms with Gasteiger partial charge in [0, 0.05) is 11.1 Å². The maximum Gasteiger partial charge on any atom is 0.0966 e. The zero-order chi connectivity index (χ0) is 24.7. The molecule has 0 bridgehead atoms. The molecule has 5 heteroatoms. The minimum atomic E-state index is 0.576. The van der Waals surface area contributed by atoms with Crippen LogP contribution in [0.2, 0.25) is 10.0 Å². The van der Waals surface area contributed by atoms with Crippen molar-refractivity contribution in [1.82, 2.24) is 4.98 Å². The molecule has 0 amide bonds. The van der Waals surface area contributed by atoms with Gasteiger partial charge in [-0.25, -0.2) is 15.0 Å². The molecule has 0 radical (unpaired) electrons. The molecule has 0 N–H and O–H groups in total. The Morgan fingerprint density at radius 3 is 1.25 bits per heavy atom. The predicted molar refractivity (Wildman–Crippen MR) is 151 cm³/mol. The lowest BCUT2D eigenvalue weighted by atomic mass is 10.0. The van der Waals surface area contributed by atoms with Gasteiger partial charge in [0.05, 0.1) is 44.2 Å². The van der Waals surface area contributed by atoms with Gasteiger partial charge in [-0.3, -0.25) is 0 Å². The monoisotopic (exact) mass is 505 g/mol. The van der Waals surface area contributed by atoms with Gasteiger partial charge in [-0.1, -0.05) is 114 Å². The summed E-state index contributed by atoms with van der Waals surface area (Å²) in [6.07, 6.45) is 0. The maximum absolute atomic E-state index is 6.45. The van der Waals surface area contributed by atoms with Gasteiger partial charge in [0.1, 0.15) is 0 Å². The van der Waals surface area contributed by atoms with Crippen LogP contribution >= 0.6 is 23.2 Å². The lowest BCUT2D eigenvalue weighted by Crippen LogP contribution is -2.11. The van der Waals surface area contributed by atoms with E-state index in [2.05, 4.69) is 0 Å². The second-order valence-corrected chi connectivity index (χ2v) is 8.78. The number of rotatable bonds is 6. The van der Waals surface area contributed by atoms with Crippen LogP contribution in [0.1, 0.15) is 22.5 Å². The summed E-state index contributed by atoms with van der Waals surface area (Å²) in [5.41, 5.74) is 6.09. The van der Waals surface area contributed by atoms with Gasteiger partial charge in [0.15, 0.2) is 0 Å². The van der Waals surface area contributed by atoms with E-state index in [0.29, 0.717) is 32.8 Å². The number of benzene rings is 4. The molecule has 1 aromatic heterocycles. The van der Waals surface area contributed by atoms with Gasteiger partial charge in [-0.2, -0.15) is 0 Å². The molecule has 4 aromatic carbocycles. The van der Waals surface area contributed by atoms with Crippen molar-refractivity contribution >= 4 is 46.0 Å². The molecule has 36 heavy (non-hydrogen) atoms. The van der Waals surface area contributed by atoms with E-state index in [9.17, 15) is 0 Å². The van der Waals surface area contributed by atoms with Gasteiger partial charge >= 0.3 is 0 Å². The fraction of sp³-hybridized carbons (Fsp3) is 0. The highest BCUT2D eigenvalue weighted by Gasteiger charge is 2.15. The molecule has 1 heterocycles. The third-order valence-corrected chi connectivity index (χ3v) is 6.14. The topological polar surface area (TPSA) is 37.6 Å². The van der Waals surface area contributed by atoms with E-state index in [-0.39, 0.29) is 0 Å². The minimum absolute atomic E-state index is 0.576. The molecular weight excluding hydrogens is 485 g/mol. The largest absolute Gasteiger partial charge is 0.245 e. The van der Waals surface area contributed by atoms with Crippen molar-refractivity contribution in [3.63, 3.8) is 0 Å². The van der Waals surface area contributed by atoms with Crippen LogP contribution in [-0.2, 0) is 0 Å². The number of aromatic nitrogens is 1. The van der Waals surface area contributed by atoms with E-state index in [0.717, 1.165) is 22.6 Å². The molecular formula is C31H21Cl2N3. The number of halogens is 2. The van der Waals surface area contributed by atoms with E-state index >= 15 is 0 Å². The number of para-hydroxylation sites is 2. The second-order valence-electron chi connectivity index (χ2n) is 7.96. The average Bonchev–Trinajstić information content (AvgIpc) is 2.93. The fourth-order valence-corrected chi connectivity index (χ4v) is 4.11. The van der Waals surface area contributed by atoms with E-state index in [1.807, 2.05) is 127 Å². The quantitative estimate of drug-likeness (QED) is 0.212. The minimum Gasteiger partial charge on any atom is -0.245 e. The third kappa shape index (κ3) is 5.44. The molecule has 0 aliphatic rings. The van der Waals surface area contributed by atoms with Crippen LogP contribution in [-0.4, -0.2) is 16.4 Å². The highest BCUT2D eigenvalue weighted by Crippen LogP contribution is 2.28. The summed E-state index contributed by atoms with van der Waals surface area (Å²) < 4.78 is 0. The SMILES string of the molecule is Clc1ccccc1N=C(c1ccccc1)c1cccc(C(=Nc2ccccc2Cl)c2ccccc2)n1. The molecule has 0 fully saturated rings. The normalized spacial score (nSPS) is 11.9. The van der Waals surface area contributed by atoms with Crippen molar-refractivity contribution in [2.24, 2.45) is 9.98 Å². The Morgan fingerprint density at radius 1 is 0.444 bits per heavy atom. The van der Waals surface area contributed by atoms with Gasteiger partial charge < -0.3 is 0 Å². The molecule has 0 aliphatic heterocycles. The van der Waals surface area contributed by atoms with E-state index in [4.69, 9.17) is 38.2 Å². The Morgan fingerprint density at radius 2 is 0.833 bits per heavy atom. The van der Waals surface area contributed by atoms with Crippen molar-refractivity contribution in [2.45, 2.75) is 0 Å². The predicted octanol–water partition coefficient (Wildman–Crippen LogP) is 8.73. The molecule has 0 atom stereocenters. The molecule has 0 saturated carbocycles. The van der Waals surface area contributed by atoms with Crippen LogP contribution in [0.4, 0.5) is 11.4 Å². The van der Waals surface area contributed by atoms with Gasteiger partial charge in [-0.05, 0) is 36.4 Å². The van der Waals surface area contributed by atoms with E-state index in [1.54, 1.807) is 0 Å². The smallest absolute Gasteiger partial charge is 0.0966 e. The van der Waals surface area contributed by atoms with Crippen LogP contribution in [0.3, 0.4) is 0 Å². The molecule has 174 valence electrons. The molecule has 0 saturated heterocycles. The standard InChI is InChI=1S/C31H21Cl2N3/c32-24-16-7-9-18-26(24)35-30(22-12-3-1-4-13-22)28-20-11-21-29(34-28)31(23-14-5-2-6-15-23)36-27-19-10-8-17-25(27)33/h1-21H. The Hall–Kier alpha value is -4.05. The maximum atomic E-state index is 6.45. The summed E-state index contributed by atoms with van der Waals surface area (Å²) >= 11 is 12.9. The molecule has 0 aliphatic carbocycles. The fourth-order valence-electron chi connectivity index (χ4n) is 3.76. The Kier molecular flexibility index (Phi) is 7.32. The Labute approximate surface area is 220 Å². The van der Waals surface area contributed by atoms with Crippen molar-refractivity contribution < 1.29 is 0 Å². The first-order valence-corrected chi connectivity index (χ1v) is 12.2. The van der Waals surface area contributed by atoms with Gasteiger partial charge in [0.2, 0.25) is 0 Å². The average molecular weight is 506 g/mol. The van der Waals surface area contributed by atoms with Crippen LogP contribution < -0.4 is 0 Å². The van der Waals surface area contributed by atoms with Crippen molar-refractivity contribution in [3.8, 4) is 0 Å². The first kappa shape index (κ1) is 23.7. The van der Waals surface area contributed by atoms with Crippen molar-refractivity contribution in [3.05, 3.63) is 160 Å². The molecule has 3 nitrogen and oxygen atoms in total. The number of pyridine rings is 1. The summed E-state index contributed by atoms with van der Waals surface area (Å²) in [6.45, 7) is 0. The number of aliphatic imine (C=N–C) groups is 2. The number of hydrogen-bond donors (Lipinski definition) is 0. The molecule has 0 unspecified atom stereocenters. The lowest BCUT2D eigenvalue weighted by molar-refractivity contribution is 1.24. The Bertz CT molecular complexity index is 1430. The highest BCUT2D eigenvalue weighted by atomic mass is 35.5. The lowest BCUT2D eigenvalue weighted by Gasteiger charge is -2.12. The highest BCUT2D eigenvalue weighted by molar-refractivity contribution is 6.33. The first-order chi connectivity index (χ1) is 17.7. The summed E-state index contributed by atoms with van der Waals surface area (Å²) in [7, 11) is 0. The molecule has 0 spiro atoms. The Balaban J connectivity index is 1.69. The summed E-state index contributed by atoms with van der Waals surface area (Å²) in [6, 6.07) is 40.9. The zero-order valence-electron chi connectivity index (χ0n) is 19.2. The molecule has 5 aromatic rings. The summed E-state index contributed by atoms with van der Waals surface area (Å²) in [4.78, 5) is 14.9. The summed E-state index contributed by atoms with van der Waals surface area (Å²) in [5.74, 6) is 0. The van der Waals surface area contributed by atoms with Crippen molar-refractivity contribution in [1.29, 1.82) is 0 Å². The van der Waals surface area contributed by atoms with Crippen LogP contribution in [0.15, 0.2) is 137 Å². The zero-order valence-corrected chi connectivity index (χ0v) is 20.7. The van der Waals surface area contributed by atoms with Gasteiger partial charge in [0.25, 0.3) is 0 Å². The molecule has 5 rings (SSSR count). The number of hydrogen-bond acceptors (Lipinski definition) is 3. The second kappa shape index (κ2) is 11.1. The van der Waals surface area contributed by atoms with E-state index < -0.39 is 0 Å².